The molecule has 0 saturated carbocycles. The van der Waals surface area contributed by atoms with Crippen LogP contribution in [0.25, 0.3) is 0 Å². The molecule has 1 fully saturated rings. The van der Waals surface area contributed by atoms with Crippen molar-refractivity contribution in [2.45, 2.75) is 26.3 Å². The molecule has 1 aromatic heterocycles. The highest BCUT2D eigenvalue weighted by Gasteiger charge is 2.23. The Kier molecular flexibility index (Phi) is 7.50. The van der Waals surface area contributed by atoms with Crippen molar-refractivity contribution in [2.75, 3.05) is 39.3 Å². The van der Waals surface area contributed by atoms with E-state index in [1.54, 1.807) is 0 Å². The van der Waals surface area contributed by atoms with Gasteiger partial charge in [-0.1, -0.05) is 28.1 Å². The molecule has 1 unspecified atom stereocenters. The molecule has 28 heavy (non-hydrogen) atoms. The molecular weight excluding hydrogens is 416 g/mol. The molecular formula is C21H31BrN6. The van der Waals surface area contributed by atoms with Gasteiger partial charge in [0, 0.05) is 63.0 Å². The lowest BCUT2D eigenvalue weighted by molar-refractivity contribution is 0.138. The zero-order valence-electron chi connectivity index (χ0n) is 17.1. The number of nitrogens with one attached hydrogen (secondary N) is 1. The second-order valence-corrected chi connectivity index (χ2v) is 8.17. The van der Waals surface area contributed by atoms with E-state index >= 15 is 0 Å². The van der Waals surface area contributed by atoms with E-state index in [4.69, 9.17) is 4.99 Å². The van der Waals surface area contributed by atoms with Crippen LogP contribution in [0.2, 0.25) is 0 Å². The van der Waals surface area contributed by atoms with Gasteiger partial charge in [-0.25, -0.2) is 0 Å². The maximum absolute atomic E-state index is 4.85. The zero-order valence-corrected chi connectivity index (χ0v) is 18.7. The van der Waals surface area contributed by atoms with Crippen molar-refractivity contribution in [1.82, 2.24) is 24.9 Å². The van der Waals surface area contributed by atoms with Gasteiger partial charge in [0.2, 0.25) is 0 Å². The minimum absolute atomic E-state index is 0.431. The average molecular weight is 447 g/mol. The first-order chi connectivity index (χ1) is 13.6. The van der Waals surface area contributed by atoms with Crippen LogP contribution < -0.4 is 5.32 Å². The summed E-state index contributed by atoms with van der Waals surface area (Å²) in [6, 6.07) is 9.11. The number of hydrogen-bond donors (Lipinski definition) is 1. The maximum Gasteiger partial charge on any atom is 0.194 e. The molecule has 0 aliphatic carbocycles. The lowest BCUT2D eigenvalue weighted by atomic mass is 10.1. The molecule has 1 aliphatic heterocycles. The van der Waals surface area contributed by atoms with Crippen LogP contribution in [-0.4, -0.2) is 64.8 Å². The van der Waals surface area contributed by atoms with E-state index in [1.807, 2.05) is 17.9 Å². The third kappa shape index (κ3) is 5.58. The number of hydrogen-bond acceptors (Lipinski definition) is 3. The number of aromatic nitrogens is 2. The standard InChI is InChI=1S/C21H31BrN6/c1-4-23-21(24-10-9-18-15-25-26(3)16-18)28-13-11-27(12-14-28)17(2)19-5-7-20(22)8-6-19/h5-8,15-17H,4,9-14H2,1-3H3,(H,23,24). The van der Waals surface area contributed by atoms with E-state index in [0.717, 1.165) is 56.1 Å². The molecule has 1 saturated heterocycles. The Bertz CT molecular complexity index is 761. The minimum Gasteiger partial charge on any atom is -0.357 e. The van der Waals surface area contributed by atoms with Gasteiger partial charge >= 0.3 is 0 Å². The Hall–Kier alpha value is -1.86. The van der Waals surface area contributed by atoms with Crippen LogP contribution in [0.5, 0.6) is 0 Å². The molecule has 0 bridgehead atoms. The maximum atomic E-state index is 4.85. The van der Waals surface area contributed by atoms with E-state index in [2.05, 4.69) is 80.5 Å². The van der Waals surface area contributed by atoms with Gasteiger partial charge in [0.25, 0.3) is 0 Å². The van der Waals surface area contributed by atoms with Crippen LogP contribution in [0.15, 0.2) is 46.1 Å². The number of rotatable bonds is 6. The summed E-state index contributed by atoms with van der Waals surface area (Å²) in [7, 11) is 1.95. The Morgan fingerprint density at radius 2 is 1.93 bits per heavy atom. The molecule has 0 amide bonds. The number of guanidine groups is 1. The number of aryl methyl sites for hydroxylation is 1. The minimum atomic E-state index is 0.431. The quantitative estimate of drug-likeness (QED) is 0.546. The molecule has 1 N–H and O–H groups in total. The third-order valence-electron chi connectivity index (χ3n) is 5.27. The molecule has 0 radical (unpaired) electrons. The predicted octanol–water partition coefficient (Wildman–Crippen LogP) is 3.07. The van der Waals surface area contributed by atoms with E-state index in [0.29, 0.717) is 6.04 Å². The second kappa shape index (κ2) is 10.1. The molecule has 1 aliphatic rings. The number of halogens is 1. The zero-order chi connectivity index (χ0) is 19.9. The van der Waals surface area contributed by atoms with E-state index in [-0.39, 0.29) is 0 Å². The van der Waals surface area contributed by atoms with Crippen LogP contribution in [0.4, 0.5) is 0 Å². The van der Waals surface area contributed by atoms with E-state index < -0.39 is 0 Å². The summed E-state index contributed by atoms with van der Waals surface area (Å²) in [5.41, 5.74) is 2.60. The fourth-order valence-corrected chi connectivity index (χ4v) is 3.86. The summed E-state index contributed by atoms with van der Waals surface area (Å²) in [6.07, 6.45) is 4.90. The van der Waals surface area contributed by atoms with Gasteiger partial charge in [0.15, 0.2) is 5.96 Å². The molecule has 2 aromatic rings. The lowest BCUT2D eigenvalue weighted by Gasteiger charge is -2.39. The van der Waals surface area contributed by atoms with E-state index in [1.165, 1.54) is 11.1 Å². The van der Waals surface area contributed by atoms with Gasteiger partial charge in [-0.05, 0) is 43.5 Å². The first-order valence-corrected chi connectivity index (χ1v) is 10.9. The van der Waals surface area contributed by atoms with Crippen molar-refractivity contribution in [1.29, 1.82) is 0 Å². The molecule has 1 atom stereocenters. The van der Waals surface area contributed by atoms with Crippen LogP contribution in [0.3, 0.4) is 0 Å². The lowest BCUT2D eigenvalue weighted by Crippen LogP contribution is -2.52. The topological polar surface area (TPSA) is 48.7 Å². The van der Waals surface area contributed by atoms with Crippen molar-refractivity contribution in [3.63, 3.8) is 0 Å². The van der Waals surface area contributed by atoms with Crippen molar-refractivity contribution in [3.05, 3.63) is 52.3 Å². The normalized spacial score (nSPS) is 17.0. The number of nitrogens with zero attached hydrogens (tertiary/aromatic N) is 5. The fraction of sp³-hybridized carbons (Fsp3) is 0.524. The predicted molar refractivity (Wildman–Crippen MR) is 119 cm³/mol. The van der Waals surface area contributed by atoms with Gasteiger partial charge in [-0.3, -0.25) is 14.6 Å². The molecule has 7 heteroatoms. The van der Waals surface area contributed by atoms with E-state index in [9.17, 15) is 0 Å². The Labute approximate surface area is 176 Å². The summed E-state index contributed by atoms with van der Waals surface area (Å²) < 4.78 is 2.97. The fourth-order valence-electron chi connectivity index (χ4n) is 3.59. The molecule has 3 rings (SSSR count). The highest BCUT2D eigenvalue weighted by molar-refractivity contribution is 9.10. The third-order valence-corrected chi connectivity index (χ3v) is 5.80. The van der Waals surface area contributed by atoms with Crippen molar-refractivity contribution in [2.24, 2.45) is 12.0 Å². The van der Waals surface area contributed by atoms with Crippen molar-refractivity contribution in [3.8, 4) is 0 Å². The largest absolute Gasteiger partial charge is 0.357 e. The highest BCUT2D eigenvalue weighted by atomic mass is 79.9. The van der Waals surface area contributed by atoms with Crippen molar-refractivity contribution >= 4 is 21.9 Å². The Morgan fingerprint density at radius 1 is 1.21 bits per heavy atom. The first-order valence-electron chi connectivity index (χ1n) is 10.1. The summed E-state index contributed by atoms with van der Waals surface area (Å²) >= 11 is 3.52. The number of piperazine rings is 1. The summed E-state index contributed by atoms with van der Waals surface area (Å²) in [5.74, 6) is 1.03. The van der Waals surface area contributed by atoms with Crippen LogP contribution >= 0.6 is 15.9 Å². The van der Waals surface area contributed by atoms with Crippen molar-refractivity contribution < 1.29 is 0 Å². The van der Waals surface area contributed by atoms with Crippen LogP contribution in [0.1, 0.15) is 31.0 Å². The van der Waals surface area contributed by atoms with Gasteiger partial charge < -0.3 is 10.2 Å². The number of benzene rings is 1. The van der Waals surface area contributed by atoms with Gasteiger partial charge in [-0.15, -0.1) is 0 Å². The SMILES string of the molecule is CCNC(=NCCc1cnn(C)c1)N1CCN(C(C)c2ccc(Br)cc2)CC1. The summed E-state index contributed by atoms with van der Waals surface area (Å²) in [4.78, 5) is 9.79. The van der Waals surface area contributed by atoms with Crippen LogP contribution in [-0.2, 0) is 13.5 Å². The summed E-state index contributed by atoms with van der Waals surface area (Å²) in [5, 5.41) is 7.69. The Morgan fingerprint density at radius 3 is 2.54 bits per heavy atom. The van der Waals surface area contributed by atoms with Crippen LogP contribution in [0, 0.1) is 0 Å². The molecule has 1 aromatic carbocycles. The van der Waals surface area contributed by atoms with Gasteiger partial charge in [-0.2, -0.15) is 5.10 Å². The van der Waals surface area contributed by atoms with Gasteiger partial charge in [0.1, 0.15) is 0 Å². The molecule has 0 spiro atoms. The average Bonchev–Trinajstić information content (AvgIpc) is 3.12. The monoisotopic (exact) mass is 446 g/mol. The smallest absolute Gasteiger partial charge is 0.194 e. The summed E-state index contributed by atoms with van der Waals surface area (Å²) in [6.45, 7) is 10.2. The first kappa shape index (κ1) is 20.9. The molecule has 152 valence electrons. The molecule has 2 heterocycles. The highest BCUT2D eigenvalue weighted by Crippen LogP contribution is 2.23. The number of aliphatic imine (C=N–C) groups is 1. The second-order valence-electron chi connectivity index (χ2n) is 7.26. The Balaban J connectivity index is 1.54. The van der Waals surface area contributed by atoms with Gasteiger partial charge in [0.05, 0.1) is 6.20 Å². The molecule has 6 nitrogen and oxygen atoms in total.